The third-order valence-corrected chi connectivity index (χ3v) is 2.12. The Morgan fingerprint density at radius 3 is 2.67 bits per heavy atom. The summed E-state index contributed by atoms with van der Waals surface area (Å²) in [4.78, 5) is 10.1. The molecule has 0 heterocycles. The number of nitro benzene ring substituents is 1. The van der Waals surface area contributed by atoms with Crippen LogP contribution in [0.5, 0.6) is 0 Å². The second-order valence-electron chi connectivity index (χ2n) is 3.17. The summed E-state index contributed by atoms with van der Waals surface area (Å²) in [5, 5.41) is 21.0. The third-order valence-electron chi connectivity index (χ3n) is 2.12. The number of rotatable bonds is 3. The Hall–Kier alpha value is -1.82. The molecule has 6 heteroatoms. The van der Waals surface area contributed by atoms with Gasteiger partial charge in [-0.1, -0.05) is 0 Å². The molecule has 0 bridgehead atoms. The largest absolute Gasteiger partial charge is 0.393 e. The molecular formula is C9H13N3O3. The Labute approximate surface area is 87.0 Å². The Bertz CT molecular complexity index is 392. The van der Waals surface area contributed by atoms with Gasteiger partial charge in [-0.3, -0.25) is 20.4 Å². The van der Waals surface area contributed by atoms with Gasteiger partial charge in [0, 0.05) is 12.6 Å². The quantitative estimate of drug-likeness (QED) is 0.451. The van der Waals surface area contributed by atoms with Crippen LogP contribution in [0.15, 0.2) is 12.1 Å². The van der Waals surface area contributed by atoms with Crippen molar-refractivity contribution in [3.63, 3.8) is 0 Å². The fourth-order valence-electron chi connectivity index (χ4n) is 1.31. The van der Waals surface area contributed by atoms with Gasteiger partial charge in [-0.05, 0) is 25.5 Å². The van der Waals surface area contributed by atoms with E-state index in [1.54, 1.807) is 13.8 Å². The summed E-state index contributed by atoms with van der Waals surface area (Å²) in [6.45, 7) is 3.82. The molecule has 0 aliphatic carbocycles. The molecule has 1 rings (SSSR count). The lowest BCUT2D eigenvalue weighted by Crippen LogP contribution is -2.18. The van der Waals surface area contributed by atoms with Gasteiger partial charge in [-0.25, -0.2) is 0 Å². The molecule has 0 unspecified atom stereocenters. The first-order chi connectivity index (χ1) is 6.97. The van der Waals surface area contributed by atoms with Gasteiger partial charge in [0.2, 0.25) is 0 Å². The van der Waals surface area contributed by atoms with E-state index in [0.717, 1.165) is 5.06 Å². The molecule has 0 aromatic heterocycles. The molecule has 1 aromatic carbocycles. The van der Waals surface area contributed by atoms with Crippen LogP contribution in [-0.4, -0.2) is 16.7 Å². The number of hydrogen-bond donors (Lipinski definition) is 2. The lowest BCUT2D eigenvalue weighted by atomic mass is 10.1. The molecule has 6 nitrogen and oxygen atoms in total. The maximum absolute atomic E-state index is 10.6. The minimum absolute atomic E-state index is 0.103. The van der Waals surface area contributed by atoms with Gasteiger partial charge in [0.15, 0.2) is 0 Å². The second kappa shape index (κ2) is 4.14. The summed E-state index contributed by atoms with van der Waals surface area (Å²) in [6, 6.07) is 2.75. The zero-order valence-corrected chi connectivity index (χ0v) is 8.60. The fraction of sp³-hybridized carbons (Fsp3) is 0.333. The molecule has 3 N–H and O–H groups in total. The van der Waals surface area contributed by atoms with E-state index in [1.165, 1.54) is 12.1 Å². The summed E-state index contributed by atoms with van der Waals surface area (Å²) in [6.07, 6.45) is 0. The van der Waals surface area contributed by atoms with E-state index in [1.807, 2.05) is 0 Å². The Morgan fingerprint density at radius 2 is 2.20 bits per heavy atom. The van der Waals surface area contributed by atoms with Gasteiger partial charge in [0.1, 0.15) is 5.69 Å². The monoisotopic (exact) mass is 211 g/mol. The third kappa shape index (κ3) is 2.16. The van der Waals surface area contributed by atoms with Gasteiger partial charge in [0.25, 0.3) is 5.69 Å². The average molecular weight is 211 g/mol. The van der Waals surface area contributed by atoms with E-state index in [9.17, 15) is 15.3 Å². The summed E-state index contributed by atoms with van der Waals surface area (Å²) >= 11 is 0. The van der Waals surface area contributed by atoms with Crippen molar-refractivity contribution in [2.45, 2.75) is 13.8 Å². The molecule has 0 atom stereocenters. The number of hydrogen-bond acceptors (Lipinski definition) is 5. The highest BCUT2D eigenvalue weighted by Gasteiger charge is 2.16. The van der Waals surface area contributed by atoms with E-state index in [0.29, 0.717) is 17.8 Å². The van der Waals surface area contributed by atoms with Crippen LogP contribution in [0.2, 0.25) is 0 Å². The van der Waals surface area contributed by atoms with Gasteiger partial charge in [-0.2, -0.15) is 0 Å². The summed E-state index contributed by atoms with van der Waals surface area (Å²) in [7, 11) is 0. The summed E-state index contributed by atoms with van der Waals surface area (Å²) < 4.78 is 0. The predicted octanol–water partition coefficient (Wildman–Crippen LogP) is 1.70. The summed E-state index contributed by atoms with van der Waals surface area (Å²) in [5.41, 5.74) is 6.50. The molecular weight excluding hydrogens is 198 g/mol. The second-order valence-corrected chi connectivity index (χ2v) is 3.17. The smallest absolute Gasteiger partial charge is 0.294 e. The Balaban J connectivity index is 3.29. The van der Waals surface area contributed by atoms with E-state index in [2.05, 4.69) is 0 Å². The van der Waals surface area contributed by atoms with E-state index in [4.69, 9.17) is 5.73 Å². The van der Waals surface area contributed by atoms with Crippen LogP contribution >= 0.6 is 0 Å². The van der Waals surface area contributed by atoms with Crippen molar-refractivity contribution in [2.24, 2.45) is 0 Å². The maximum Gasteiger partial charge on any atom is 0.294 e. The van der Waals surface area contributed by atoms with Crippen LogP contribution in [0.4, 0.5) is 17.1 Å². The number of nitrogens with zero attached hydrogens (tertiary/aromatic N) is 2. The zero-order valence-electron chi connectivity index (χ0n) is 8.60. The first kappa shape index (κ1) is 11.3. The summed E-state index contributed by atoms with van der Waals surface area (Å²) in [5.74, 6) is 0. The normalized spacial score (nSPS) is 10.1. The van der Waals surface area contributed by atoms with Gasteiger partial charge >= 0.3 is 0 Å². The highest BCUT2D eigenvalue weighted by molar-refractivity contribution is 5.69. The topological polar surface area (TPSA) is 92.6 Å². The molecule has 0 saturated carbocycles. The van der Waals surface area contributed by atoms with Crippen molar-refractivity contribution in [1.82, 2.24) is 0 Å². The zero-order chi connectivity index (χ0) is 11.6. The standard InChI is InChI=1S/C9H13N3O3/c1-3-11(13)8-5-9(12(14)15)7(10)4-6(8)2/h4-5,13H,3,10H2,1-2H3. The predicted molar refractivity (Wildman–Crippen MR) is 57.1 cm³/mol. The first-order valence-electron chi connectivity index (χ1n) is 4.48. The van der Waals surface area contributed by atoms with Crippen molar-refractivity contribution in [2.75, 3.05) is 17.3 Å². The minimum atomic E-state index is -0.568. The lowest BCUT2D eigenvalue weighted by Gasteiger charge is -2.17. The van der Waals surface area contributed by atoms with E-state index < -0.39 is 4.92 Å². The number of benzene rings is 1. The van der Waals surface area contributed by atoms with Crippen LogP contribution in [0.25, 0.3) is 0 Å². The highest BCUT2D eigenvalue weighted by Crippen LogP contribution is 2.30. The molecule has 1 aromatic rings. The first-order valence-corrected chi connectivity index (χ1v) is 4.48. The molecule has 15 heavy (non-hydrogen) atoms. The molecule has 0 radical (unpaired) electrons. The Morgan fingerprint density at radius 1 is 1.60 bits per heavy atom. The fourth-order valence-corrected chi connectivity index (χ4v) is 1.31. The van der Waals surface area contributed by atoms with Crippen molar-refractivity contribution >= 4 is 17.1 Å². The minimum Gasteiger partial charge on any atom is -0.393 e. The van der Waals surface area contributed by atoms with Crippen LogP contribution in [0.1, 0.15) is 12.5 Å². The molecule has 0 spiro atoms. The number of nitro groups is 1. The lowest BCUT2D eigenvalue weighted by molar-refractivity contribution is -0.383. The number of nitrogens with two attached hydrogens (primary N) is 1. The maximum atomic E-state index is 10.6. The average Bonchev–Trinajstić information content (AvgIpc) is 2.16. The molecule has 0 aliphatic heterocycles. The molecule has 0 aliphatic rings. The molecule has 82 valence electrons. The van der Waals surface area contributed by atoms with Crippen molar-refractivity contribution < 1.29 is 10.1 Å². The van der Waals surface area contributed by atoms with Crippen molar-refractivity contribution in [1.29, 1.82) is 0 Å². The molecule has 0 saturated heterocycles. The number of anilines is 2. The molecule has 0 amide bonds. The Kier molecular flexibility index (Phi) is 3.11. The van der Waals surface area contributed by atoms with Gasteiger partial charge < -0.3 is 5.73 Å². The van der Waals surface area contributed by atoms with Crippen LogP contribution in [-0.2, 0) is 0 Å². The van der Waals surface area contributed by atoms with Crippen LogP contribution in [0, 0.1) is 17.0 Å². The SMILES string of the molecule is CCN(O)c1cc([N+](=O)[O-])c(N)cc1C. The number of aryl methyl sites for hydroxylation is 1. The molecule has 0 fully saturated rings. The van der Waals surface area contributed by atoms with Crippen LogP contribution in [0.3, 0.4) is 0 Å². The van der Waals surface area contributed by atoms with Gasteiger partial charge in [0.05, 0.1) is 10.6 Å². The van der Waals surface area contributed by atoms with Crippen molar-refractivity contribution in [3.8, 4) is 0 Å². The number of nitrogen functional groups attached to an aromatic ring is 1. The van der Waals surface area contributed by atoms with Crippen molar-refractivity contribution in [3.05, 3.63) is 27.8 Å². The van der Waals surface area contributed by atoms with E-state index >= 15 is 0 Å². The van der Waals surface area contributed by atoms with E-state index in [-0.39, 0.29) is 11.4 Å². The van der Waals surface area contributed by atoms with Crippen LogP contribution < -0.4 is 10.8 Å². The van der Waals surface area contributed by atoms with Gasteiger partial charge in [-0.15, -0.1) is 0 Å². The number of hydroxylamine groups is 1. The highest BCUT2D eigenvalue weighted by atomic mass is 16.6.